The van der Waals surface area contributed by atoms with Gasteiger partial charge in [-0.3, -0.25) is 0 Å². The first-order valence-electron chi connectivity index (χ1n) is 7.54. The van der Waals surface area contributed by atoms with Crippen LogP contribution in [0.25, 0.3) is 6.08 Å². The van der Waals surface area contributed by atoms with Gasteiger partial charge >= 0.3 is 5.97 Å². The van der Waals surface area contributed by atoms with Gasteiger partial charge in [-0.1, -0.05) is 38.8 Å². The maximum absolute atomic E-state index is 14.3. The van der Waals surface area contributed by atoms with E-state index in [9.17, 15) is 9.18 Å². The number of carboxylic acid groups (broad SMARTS) is 1. The molecule has 1 rings (SSSR count). The van der Waals surface area contributed by atoms with Gasteiger partial charge in [0.1, 0.15) is 5.82 Å². The lowest BCUT2D eigenvalue weighted by Crippen LogP contribution is -2.27. The van der Waals surface area contributed by atoms with Crippen molar-refractivity contribution in [2.24, 2.45) is 0 Å². The molecule has 0 aliphatic carbocycles. The second-order valence-electron chi connectivity index (χ2n) is 5.04. The van der Waals surface area contributed by atoms with E-state index in [2.05, 4.69) is 13.8 Å². The number of unbranched alkanes of at least 4 members (excludes halogenated alkanes) is 2. The highest BCUT2D eigenvalue weighted by molar-refractivity contribution is 5.87. The number of para-hydroxylation sites is 1. The molecular formula is C17H24FNO2. The van der Waals surface area contributed by atoms with Crippen molar-refractivity contribution < 1.29 is 14.3 Å². The summed E-state index contributed by atoms with van der Waals surface area (Å²) in [5, 5.41) is 8.76. The lowest BCUT2D eigenvalue weighted by molar-refractivity contribution is -0.131. The maximum Gasteiger partial charge on any atom is 0.328 e. The fourth-order valence-electron chi connectivity index (χ4n) is 2.19. The highest BCUT2D eigenvalue weighted by Crippen LogP contribution is 2.26. The van der Waals surface area contributed by atoms with E-state index in [1.807, 2.05) is 4.90 Å². The Labute approximate surface area is 126 Å². The van der Waals surface area contributed by atoms with E-state index >= 15 is 0 Å². The van der Waals surface area contributed by atoms with Crippen LogP contribution in [-0.4, -0.2) is 24.2 Å². The smallest absolute Gasteiger partial charge is 0.328 e. The van der Waals surface area contributed by atoms with E-state index in [1.54, 1.807) is 12.1 Å². The summed E-state index contributed by atoms with van der Waals surface area (Å²) in [5.41, 5.74) is 1.13. The molecule has 4 heteroatoms. The number of anilines is 1. The van der Waals surface area contributed by atoms with Gasteiger partial charge in [-0.25, -0.2) is 9.18 Å². The topological polar surface area (TPSA) is 40.5 Å². The molecule has 116 valence electrons. The number of aliphatic carboxylic acids is 1. The van der Waals surface area contributed by atoms with Crippen LogP contribution >= 0.6 is 0 Å². The fourth-order valence-corrected chi connectivity index (χ4v) is 2.19. The number of carbonyl (C=O) groups is 1. The Morgan fingerprint density at radius 2 is 1.86 bits per heavy atom. The molecule has 0 fully saturated rings. The van der Waals surface area contributed by atoms with E-state index in [0.717, 1.165) is 44.8 Å². The summed E-state index contributed by atoms with van der Waals surface area (Å²) in [6.45, 7) is 5.77. The third-order valence-corrected chi connectivity index (χ3v) is 3.30. The van der Waals surface area contributed by atoms with Crippen LogP contribution in [0.3, 0.4) is 0 Å². The zero-order chi connectivity index (χ0) is 15.7. The molecule has 0 atom stereocenters. The molecule has 0 aliphatic heterocycles. The molecule has 0 spiro atoms. The van der Waals surface area contributed by atoms with Crippen molar-refractivity contribution in [3.05, 3.63) is 35.7 Å². The monoisotopic (exact) mass is 293 g/mol. The summed E-state index contributed by atoms with van der Waals surface area (Å²) in [7, 11) is 0. The molecule has 1 aromatic carbocycles. The minimum absolute atomic E-state index is 0.297. The Kier molecular flexibility index (Phi) is 7.51. The van der Waals surface area contributed by atoms with Gasteiger partial charge in [0.05, 0.1) is 5.69 Å². The van der Waals surface area contributed by atoms with Crippen molar-refractivity contribution in [3.63, 3.8) is 0 Å². The first-order chi connectivity index (χ1) is 10.1. The second kappa shape index (κ2) is 9.16. The maximum atomic E-state index is 14.3. The molecule has 0 heterocycles. The summed E-state index contributed by atoms with van der Waals surface area (Å²) in [4.78, 5) is 12.7. The van der Waals surface area contributed by atoms with Crippen molar-refractivity contribution in [2.75, 3.05) is 18.0 Å². The van der Waals surface area contributed by atoms with Gasteiger partial charge in [0.15, 0.2) is 0 Å². The average molecular weight is 293 g/mol. The zero-order valence-corrected chi connectivity index (χ0v) is 12.8. The van der Waals surface area contributed by atoms with Gasteiger partial charge in [0.2, 0.25) is 0 Å². The summed E-state index contributed by atoms with van der Waals surface area (Å²) >= 11 is 0. The Bertz CT molecular complexity index is 478. The third-order valence-electron chi connectivity index (χ3n) is 3.30. The Balaban J connectivity index is 3.11. The minimum Gasteiger partial charge on any atom is -0.478 e. The lowest BCUT2D eigenvalue weighted by atomic mass is 10.1. The number of halogens is 1. The second-order valence-corrected chi connectivity index (χ2v) is 5.04. The van der Waals surface area contributed by atoms with Crippen LogP contribution in [0, 0.1) is 5.82 Å². The molecule has 1 aromatic rings. The molecule has 0 saturated heterocycles. The Morgan fingerprint density at radius 1 is 1.24 bits per heavy atom. The predicted octanol–water partition coefficient (Wildman–Crippen LogP) is 4.33. The summed E-state index contributed by atoms with van der Waals surface area (Å²) in [6.07, 6.45) is 6.57. The van der Waals surface area contributed by atoms with Crippen molar-refractivity contribution in [1.82, 2.24) is 0 Å². The number of nitrogens with zero attached hydrogens (tertiary/aromatic N) is 1. The molecule has 1 N–H and O–H groups in total. The summed E-state index contributed by atoms with van der Waals surface area (Å²) in [5.74, 6) is -1.33. The van der Waals surface area contributed by atoms with Crippen LogP contribution in [0.15, 0.2) is 24.3 Å². The largest absolute Gasteiger partial charge is 0.478 e. The highest BCUT2D eigenvalue weighted by Gasteiger charge is 2.14. The Hall–Kier alpha value is -1.84. The van der Waals surface area contributed by atoms with E-state index < -0.39 is 5.97 Å². The summed E-state index contributed by atoms with van der Waals surface area (Å²) < 4.78 is 14.3. The van der Waals surface area contributed by atoms with Crippen LogP contribution in [0.4, 0.5) is 10.1 Å². The van der Waals surface area contributed by atoms with Crippen molar-refractivity contribution in [1.29, 1.82) is 0 Å². The van der Waals surface area contributed by atoms with E-state index in [-0.39, 0.29) is 5.82 Å². The molecule has 0 aliphatic rings. The van der Waals surface area contributed by atoms with Gasteiger partial charge in [0, 0.05) is 24.7 Å². The predicted molar refractivity (Wildman–Crippen MR) is 85.1 cm³/mol. The molecule has 21 heavy (non-hydrogen) atoms. The number of hydrogen-bond donors (Lipinski definition) is 1. The number of rotatable bonds is 9. The molecule has 0 saturated carbocycles. The molecule has 3 nitrogen and oxygen atoms in total. The molecule has 0 bridgehead atoms. The minimum atomic E-state index is -1.03. The van der Waals surface area contributed by atoms with Gasteiger partial charge in [-0.2, -0.15) is 0 Å². The first-order valence-corrected chi connectivity index (χ1v) is 7.54. The molecule has 0 unspecified atom stereocenters. The van der Waals surface area contributed by atoms with Crippen LogP contribution in [0.2, 0.25) is 0 Å². The lowest BCUT2D eigenvalue weighted by Gasteiger charge is -2.27. The van der Waals surface area contributed by atoms with Crippen LogP contribution in [-0.2, 0) is 4.79 Å². The normalized spacial score (nSPS) is 11.0. The van der Waals surface area contributed by atoms with Crippen molar-refractivity contribution in [3.8, 4) is 0 Å². The molecular weight excluding hydrogens is 269 g/mol. The van der Waals surface area contributed by atoms with Gasteiger partial charge in [-0.05, 0) is 25.0 Å². The van der Waals surface area contributed by atoms with Gasteiger partial charge in [0.25, 0.3) is 0 Å². The Morgan fingerprint density at radius 3 is 2.38 bits per heavy atom. The van der Waals surface area contributed by atoms with E-state index in [0.29, 0.717) is 11.3 Å². The van der Waals surface area contributed by atoms with Crippen molar-refractivity contribution in [2.45, 2.75) is 39.5 Å². The van der Waals surface area contributed by atoms with Crippen LogP contribution < -0.4 is 4.90 Å². The van der Waals surface area contributed by atoms with Gasteiger partial charge < -0.3 is 10.0 Å². The zero-order valence-electron chi connectivity index (χ0n) is 12.8. The molecule has 0 aromatic heterocycles. The van der Waals surface area contributed by atoms with Crippen LogP contribution in [0.5, 0.6) is 0 Å². The SMILES string of the molecule is CCCCN(CCCC)c1c(F)cccc1/C=C/C(=O)O. The average Bonchev–Trinajstić information content (AvgIpc) is 2.46. The number of benzene rings is 1. The standard InChI is InChI=1S/C17H24FNO2/c1-3-5-12-19(13-6-4-2)17-14(10-11-16(20)21)8-7-9-15(17)18/h7-11H,3-6,12-13H2,1-2H3,(H,20,21)/b11-10+. The van der Waals surface area contributed by atoms with Crippen LogP contribution in [0.1, 0.15) is 45.1 Å². The van der Waals surface area contributed by atoms with Crippen molar-refractivity contribution >= 4 is 17.7 Å². The first kappa shape index (κ1) is 17.2. The number of carboxylic acids is 1. The van der Waals surface area contributed by atoms with E-state index in [1.165, 1.54) is 12.1 Å². The number of hydrogen-bond acceptors (Lipinski definition) is 2. The highest BCUT2D eigenvalue weighted by atomic mass is 19.1. The molecule has 0 radical (unpaired) electrons. The quantitative estimate of drug-likeness (QED) is 0.689. The fraction of sp³-hybridized carbons (Fsp3) is 0.471. The van der Waals surface area contributed by atoms with Gasteiger partial charge in [-0.15, -0.1) is 0 Å². The summed E-state index contributed by atoms with van der Waals surface area (Å²) in [6, 6.07) is 4.79. The third kappa shape index (κ3) is 5.58. The van der Waals surface area contributed by atoms with E-state index in [4.69, 9.17) is 5.11 Å². The molecule has 0 amide bonds.